The molecule has 1 atom stereocenters. The maximum atomic E-state index is 12.2. The molecule has 0 aliphatic heterocycles. The Morgan fingerprint density at radius 1 is 1.33 bits per heavy atom. The Morgan fingerprint density at radius 2 is 2.05 bits per heavy atom. The lowest BCUT2D eigenvalue weighted by Crippen LogP contribution is -2.32. The number of carbonyl (C=O) groups is 1. The third kappa shape index (κ3) is 3.91. The quantitative estimate of drug-likeness (QED) is 0.888. The predicted molar refractivity (Wildman–Crippen MR) is 81.0 cm³/mol. The summed E-state index contributed by atoms with van der Waals surface area (Å²) >= 11 is 1.32. The highest BCUT2D eigenvalue weighted by atomic mass is 32.1. The second kappa shape index (κ2) is 7.03. The van der Waals surface area contributed by atoms with Crippen molar-refractivity contribution in [2.45, 2.75) is 26.4 Å². The Labute approximate surface area is 127 Å². The molecule has 0 aliphatic rings. The van der Waals surface area contributed by atoms with E-state index in [0.717, 1.165) is 5.01 Å². The van der Waals surface area contributed by atoms with E-state index in [9.17, 15) is 4.79 Å². The molecular formula is C14H17N3O3S. The van der Waals surface area contributed by atoms with Crippen molar-refractivity contribution >= 4 is 22.4 Å². The average molecular weight is 307 g/mol. The van der Waals surface area contributed by atoms with E-state index in [-0.39, 0.29) is 5.91 Å². The van der Waals surface area contributed by atoms with Crippen molar-refractivity contribution in [2.75, 3.05) is 12.4 Å². The highest BCUT2D eigenvalue weighted by Crippen LogP contribution is 2.27. The largest absolute Gasteiger partial charge is 0.493 e. The number of ether oxygens (including phenoxy) is 2. The van der Waals surface area contributed by atoms with Crippen molar-refractivity contribution in [2.24, 2.45) is 0 Å². The Morgan fingerprint density at radius 3 is 2.62 bits per heavy atom. The number of nitrogens with zero attached hydrogens (tertiary/aromatic N) is 2. The van der Waals surface area contributed by atoms with Gasteiger partial charge in [-0.2, -0.15) is 0 Å². The number of amides is 1. The summed E-state index contributed by atoms with van der Waals surface area (Å²) in [5.74, 6) is 0.880. The molecule has 0 radical (unpaired) electrons. The molecule has 2 rings (SSSR count). The Kier molecular flexibility index (Phi) is 5.10. The van der Waals surface area contributed by atoms with Gasteiger partial charge in [-0.25, -0.2) is 0 Å². The summed E-state index contributed by atoms with van der Waals surface area (Å²) in [6.07, 6.45) is -0.0905. The van der Waals surface area contributed by atoms with E-state index in [0.29, 0.717) is 23.1 Å². The fourth-order valence-electron chi connectivity index (χ4n) is 1.72. The molecule has 0 saturated heterocycles. The van der Waals surface area contributed by atoms with Gasteiger partial charge in [0, 0.05) is 0 Å². The Bertz CT molecular complexity index is 615. The lowest BCUT2D eigenvalue weighted by atomic mass is 10.2. The molecule has 1 aromatic carbocycles. The summed E-state index contributed by atoms with van der Waals surface area (Å²) < 4.78 is 11.0. The molecule has 0 spiro atoms. The van der Waals surface area contributed by atoms with Gasteiger partial charge in [-0.15, -0.1) is 10.2 Å². The molecule has 1 heterocycles. The number of hydrogen-bond donors (Lipinski definition) is 1. The maximum absolute atomic E-state index is 12.2. The zero-order chi connectivity index (χ0) is 15.2. The summed E-state index contributed by atoms with van der Waals surface area (Å²) in [7, 11) is 1.56. The average Bonchev–Trinajstić information content (AvgIpc) is 2.90. The molecule has 0 aliphatic carbocycles. The molecular weight excluding hydrogens is 290 g/mol. The van der Waals surface area contributed by atoms with E-state index in [1.54, 1.807) is 19.2 Å². The minimum atomic E-state index is -0.620. The summed E-state index contributed by atoms with van der Waals surface area (Å²) in [5, 5.41) is 11.7. The molecule has 21 heavy (non-hydrogen) atoms. The maximum Gasteiger partial charge on any atom is 0.267 e. The van der Waals surface area contributed by atoms with E-state index in [1.807, 2.05) is 26.0 Å². The van der Waals surface area contributed by atoms with Gasteiger partial charge < -0.3 is 9.47 Å². The molecule has 0 unspecified atom stereocenters. The van der Waals surface area contributed by atoms with E-state index in [1.165, 1.54) is 11.3 Å². The van der Waals surface area contributed by atoms with Crippen molar-refractivity contribution in [1.82, 2.24) is 10.2 Å². The smallest absolute Gasteiger partial charge is 0.267 e. The topological polar surface area (TPSA) is 73.3 Å². The number of aryl methyl sites for hydroxylation is 1. The van der Waals surface area contributed by atoms with E-state index >= 15 is 0 Å². The van der Waals surface area contributed by atoms with Crippen LogP contribution in [-0.2, 0) is 4.79 Å². The monoisotopic (exact) mass is 307 g/mol. The van der Waals surface area contributed by atoms with Crippen LogP contribution in [0.15, 0.2) is 24.3 Å². The Hall–Kier alpha value is -2.15. The van der Waals surface area contributed by atoms with Crippen molar-refractivity contribution in [3.8, 4) is 11.5 Å². The highest BCUT2D eigenvalue weighted by Gasteiger charge is 2.21. The summed E-state index contributed by atoms with van der Waals surface area (Å²) in [4.78, 5) is 12.2. The number of aromatic nitrogens is 2. The molecule has 0 bridgehead atoms. The fourth-order valence-corrected chi connectivity index (χ4v) is 2.32. The highest BCUT2D eigenvalue weighted by molar-refractivity contribution is 7.15. The zero-order valence-corrected chi connectivity index (χ0v) is 12.9. The van der Waals surface area contributed by atoms with E-state index in [2.05, 4.69) is 15.5 Å². The van der Waals surface area contributed by atoms with Crippen LogP contribution in [0.1, 0.15) is 18.4 Å². The van der Waals surface area contributed by atoms with Gasteiger partial charge >= 0.3 is 0 Å². The van der Waals surface area contributed by atoms with Gasteiger partial charge in [-0.1, -0.05) is 30.4 Å². The first-order valence-electron chi connectivity index (χ1n) is 6.54. The number of anilines is 1. The van der Waals surface area contributed by atoms with Crippen LogP contribution in [-0.4, -0.2) is 29.3 Å². The molecule has 1 aromatic heterocycles. The van der Waals surface area contributed by atoms with Crippen LogP contribution in [0.3, 0.4) is 0 Å². The number of hydrogen-bond acceptors (Lipinski definition) is 6. The van der Waals surface area contributed by atoms with E-state index < -0.39 is 6.10 Å². The summed E-state index contributed by atoms with van der Waals surface area (Å²) in [5.41, 5.74) is 0. The van der Waals surface area contributed by atoms with Crippen molar-refractivity contribution in [1.29, 1.82) is 0 Å². The van der Waals surface area contributed by atoms with Crippen LogP contribution in [0.5, 0.6) is 11.5 Å². The van der Waals surface area contributed by atoms with Gasteiger partial charge in [-0.3, -0.25) is 10.1 Å². The molecule has 7 heteroatoms. The van der Waals surface area contributed by atoms with Gasteiger partial charge in [0.15, 0.2) is 17.6 Å². The predicted octanol–water partition coefficient (Wildman–Crippen LogP) is 2.65. The normalized spacial score (nSPS) is 11.8. The second-order valence-electron chi connectivity index (χ2n) is 4.28. The minimum absolute atomic E-state index is 0.250. The molecule has 2 aromatic rings. The van der Waals surface area contributed by atoms with Gasteiger partial charge in [-0.05, 0) is 25.5 Å². The molecule has 0 fully saturated rings. The summed E-state index contributed by atoms with van der Waals surface area (Å²) in [6.45, 7) is 3.71. The van der Waals surface area contributed by atoms with Crippen LogP contribution in [0.4, 0.5) is 5.13 Å². The van der Waals surface area contributed by atoms with Gasteiger partial charge in [0.05, 0.1) is 7.11 Å². The van der Waals surface area contributed by atoms with E-state index in [4.69, 9.17) is 9.47 Å². The zero-order valence-electron chi connectivity index (χ0n) is 12.1. The molecule has 0 saturated carbocycles. The lowest BCUT2D eigenvalue weighted by Gasteiger charge is -2.17. The first-order chi connectivity index (χ1) is 10.1. The number of benzene rings is 1. The van der Waals surface area contributed by atoms with Gasteiger partial charge in [0.1, 0.15) is 5.01 Å². The third-order valence-electron chi connectivity index (χ3n) is 2.76. The third-order valence-corrected chi connectivity index (χ3v) is 3.51. The van der Waals surface area contributed by atoms with Crippen LogP contribution in [0, 0.1) is 6.92 Å². The first-order valence-corrected chi connectivity index (χ1v) is 7.36. The van der Waals surface area contributed by atoms with Crippen LogP contribution >= 0.6 is 11.3 Å². The number of rotatable bonds is 6. The first kappa shape index (κ1) is 15.2. The minimum Gasteiger partial charge on any atom is -0.493 e. The number of carbonyl (C=O) groups excluding carboxylic acids is 1. The molecule has 6 nitrogen and oxygen atoms in total. The number of methoxy groups -OCH3 is 1. The Balaban J connectivity index is 2.06. The van der Waals surface area contributed by atoms with Crippen molar-refractivity contribution < 1.29 is 14.3 Å². The van der Waals surface area contributed by atoms with Crippen molar-refractivity contribution in [3.63, 3.8) is 0 Å². The molecule has 1 N–H and O–H groups in total. The SMILES string of the molecule is CC[C@@H](Oc1ccccc1OC)C(=O)Nc1nnc(C)s1. The second-order valence-corrected chi connectivity index (χ2v) is 5.46. The molecule has 1 amide bonds. The lowest BCUT2D eigenvalue weighted by molar-refractivity contribution is -0.122. The molecule has 112 valence electrons. The standard InChI is InChI=1S/C14H17N3O3S/c1-4-10(13(18)15-14-17-16-9(2)21-14)20-12-8-6-5-7-11(12)19-3/h5-8,10H,4H2,1-3H3,(H,15,17,18)/t10-/m1/s1. The van der Waals surface area contributed by atoms with Crippen LogP contribution < -0.4 is 14.8 Å². The van der Waals surface area contributed by atoms with Gasteiger partial charge in [0.2, 0.25) is 5.13 Å². The van der Waals surface area contributed by atoms with Crippen LogP contribution in [0.2, 0.25) is 0 Å². The summed E-state index contributed by atoms with van der Waals surface area (Å²) in [6, 6.07) is 7.23. The van der Waals surface area contributed by atoms with Crippen molar-refractivity contribution in [3.05, 3.63) is 29.3 Å². The van der Waals surface area contributed by atoms with Crippen LogP contribution in [0.25, 0.3) is 0 Å². The number of para-hydroxylation sites is 2. The van der Waals surface area contributed by atoms with Gasteiger partial charge in [0.25, 0.3) is 5.91 Å². The number of nitrogens with one attached hydrogen (secondary N) is 1. The fraction of sp³-hybridized carbons (Fsp3) is 0.357.